The van der Waals surface area contributed by atoms with Crippen molar-refractivity contribution in [2.24, 2.45) is 5.92 Å². The number of benzene rings is 1. The number of amides is 6. The fourth-order valence-corrected chi connectivity index (χ4v) is 8.95. The standard InChI is InChI=1S/C42H49N9O6S/c52-36(14-10-30-7-4-18-43-28-30)44-19-2-1-6-29-16-21-50(22-17-29)41(56)32-11-13-35(47-46-32)49-25-23-48(24-26-49)20-5-27-58-34-9-3-8-31-38(34)42(57)51(40(31)55)33-12-15-37(53)45-39(33)54/h3-4,7-11,13-14,18,28-29,33H,1-2,5-6,12,15-17,19-27H2,(H,44,52)(H,45,53,54)/b14-10+. The molecule has 3 aromatic rings. The number of aromatic nitrogens is 3. The molecule has 7 rings (SSSR count). The number of anilines is 1. The first-order valence-corrected chi connectivity index (χ1v) is 21.2. The summed E-state index contributed by atoms with van der Waals surface area (Å²) in [6.07, 6.45) is 12.8. The van der Waals surface area contributed by atoms with Gasteiger partial charge in [-0.05, 0) is 92.3 Å². The van der Waals surface area contributed by atoms with Gasteiger partial charge in [-0.1, -0.05) is 25.0 Å². The number of rotatable bonds is 15. The number of unbranched alkanes of at least 4 members (excludes halogenated alkanes) is 1. The van der Waals surface area contributed by atoms with Gasteiger partial charge in [-0.2, -0.15) is 0 Å². The molecule has 4 aliphatic rings. The van der Waals surface area contributed by atoms with E-state index in [4.69, 9.17) is 0 Å². The predicted octanol–water partition coefficient (Wildman–Crippen LogP) is 3.43. The molecule has 2 N–H and O–H groups in total. The van der Waals surface area contributed by atoms with Crippen LogP contribution in [-0.2, 0) is 14.4 Å². The largest absolute Gasteiger partial charge is 0.353 e. The van der Waals surface area contributed by atoms with Crippen molar-refractivity contribution >= 4 is 59.1 Å². The fraction of sp³-hybridized carbons (Fsp3) is 0.452. The third-order valence-electron chi connectivity index (χ3n) is 11.2. The lowest BCUT2D eigenvalue weighted by atomic mass is 9.91. The number of nitrogens with one attached hydrogen (secondary N) is 2. The van der Waals surface area contributed by atoms with Gasteiger partial charge in [0.25, 0.3) is 17.7 Å². The zero-order valence-corrected chi connectivity index (χ0v) is 33.3. The molecule has 0 aliphatic carbocycles. The lowest BCUT2D eigenvalue weighted by Crippen LogP contribution is -2.54. The second-order valence-corrected chi connectivity index (χ2v) is 16.2. The Kier molecular flexibility index (Phi) is 13.6. The maximum atomic E-state index is 13.4. The molecule has 304 valence electrons. The number of hydrogen-bond acceptors (Lipinski definition) is 12. The predicted molar refractivity (Wildman–Crippen MR) is 218 cm³/mol. The number of imide groups is 2. The highest BCUT2D eigenvalue weighted by Crippen LogP contribution is 2.35. The number of thioether (sulfide) groups is 1. The van der Waals surface area contributed by atoms with E-state index in [1.807, 2.05) is 29.2 Å². The van der Waals surface area contributed by atoms with Gasteiger partial charge in [-0.25, -0.2) is 0 Å². The number of hydrogen-bond donors (Lipinski definition) is 2. The van der Waals surface area contributed by atoms with Crippen molar-refractivity contribution in [3.63, 3.8) is 0 Å². The molecule has 15 nitrogen and oxygen atoms in total. The van der Waals surface area contributed by atoms with Crippen LogP contribution in [0, 0.1) is 5.92 Å². The number of piperazine rings is 1. The minimum atomic E-state index is -0.981. The molecule has 0 bridgehead atoms. The normalized spacial score (nSPS) is 19.2. The van der Waals surface area contributed by atoms with Crippen LogP contribution < -0.4 is 15.5 Å². The smallest absolute Gasteiger partial charge is 0.274 e. The molecule has 6 heterocycles. The minimum Gasteiger partial charge on any atom is -0.353 e. The molecule has 0 saturated carbocycles. The van der Waals surface area contributed by atoms with Crippen LogP contribution in [-0.4, -0.2) is 129 Å². The van der Waals surface area contributed by atoms with E-state index in [0.29, 0.717) is 42.4 Å². The number of piperidine rings is 2. The molecular weight excluding hydrogens is 759 g/mol. The highest BCUT2D eigenvalue weighted by atomic mass is 32.2. The van der Waals surface area contributed by atoms with Crippen LogP contribution in [0.2, 0.25) is 0 Å². The van der Waals surface area contributed by atoms with E-state index >= 15 is 0 Å². The van der Waals surface area contributed by atoms with Crippen LogP contribution >= 0.6 is 11.8 Å². The number of carbonyl (C=O) groups is 6. The number of likely N-dealkylation sites (tertiary alicyclic amines) is 1. The van der Waals surface area contributed by atoms with Crippen molar-refractivity contribution in [2.45, 2.75) is 62.3 Å². The first kappa shape index (κ1) is 40.7. The lowest BCUT2D eigenvalue weighted by molar-refractivity contribution is -0.136. The highest BCUT2D eigenvalue weighted by Gasteiger charge is 2.45. The Bertz CT molecular complexity index is 2010. The summed E-state index contributed by atoms with van der Waals surface area (Å²) in [7, 11) is 0. The number of nitrogens with zero attached hydrogens (tertiary/aromatic N) is 7. The van der Waals surface area contributed by atoms with Crippen LogP contribution in [0.25, 0.3) is 6.08 Å². The van der Waals surface area contributed by atoms with Crippen LogP contribution in [0.4, 0.5) is 5.82 Å². The summed E-state index contributed by atoms with van der Waals surface area (Å²) < 4.78 is 0. The molecule has 3 saturated heterocycles. The second-order valence-electron chi connectivity index (χ2n) is 15.1. The highest BCUT2D eigenvalue weighted by molar-refractivity contribution is 7.99. The summed E-state index contributed by atoms with van der Waals surface area (Å²) in [5.74, 6) is -0.0889. The molecule has 6 amide bonds. The Labute approximate surface area is 342 Å². The zero-order chi connectivity index (χ0) is 40.4. The van der Waals surface area contributed by atoms with Crippen molar-refractivity contribution in [3.05, 3.63) is 83.3 Å². The maximum Gasteiger partial charge on any atom is 0.274 e. The molecule has 2 aromatic heterocycles. The van der Waals surface area contributed by atoms with Gasteiger partial charge in [0.2, 0.25) is 17.7 Å². The van der Waals surface area contributed by atoms with Gasteiger partial charge in [-0.15, -0.1) is 22.0 Å². The molecule has 3 fully saturated rings. The summed E-state index contributed by atoms with van der Waals surface area (Å²) in [4.78, 5) is 88.1. The zero-order valence-electron chi connectivity index (χ0n) is 32.5. The summed E-state index contributed by atoms with van der Waals surface area (Å²) in [6.45, 7) is 6.22. The van der Waals surface area contributed by atoms with Gasteiger partial charge in [-0.3, -0.25) is 48.9 Å². The van der Waals surface area contributed by atoms with E-state index in [-0.39, 0.29) is 24.7 Å². The van der Waals surface area contributed by atoms with E-state index in [0.717, 1.165) is 98.2 Å². The minimum absolute atomic E-state index is 0.0784. The Morgan fingerprint density at radius 3 is 2.45 bits per heavy atom. The van der Waals surface area contributed by atoms with Gasteiger partial charge in [0.05, 0.1) is 11.1 Å². The fourth-order valence-electron chi connectivity index (χ4n) is 7.94. The Morgan fingerprint density at radius 1 is 0.879 bits per heavy atom. The lowest BCUT2D eigenvalue weighted by Gasteiger charge is -2.35. The van der Waals surface area contributed by atoms with E-state index in [1.165, 1.54) is 17.8 Å². The topological polar surface area (TPSA) is 178 Å². The molecule has 4 aliphatic heterocycles. The quantitative estimate of drug-likeness (QED) is 0.0992. The Balaban J connectivity index is 0.773. The van der Waals surface area contributed by atoms with Gasteiger partial charge in [0.15, 0.2) is 11.5 Å². The van der Waals surface area contributed by atoms with Crippen molar-refractivity contribution in [1.82, 2.24) is 40.5 Å². The molecule has 1 aromatic carbocycles. The first-order chi connectivity index (χ1) is 28.2. The molecule has 0 radical (unpaired) electrons. The number of fused-ring (bicyclic) bond motifs is 1. The van der Waals surface area contributed by atoms with Gasteiger partial charge in [0, 0.05) is 75.6 Å². The molecule has 58 heavy (non-hydrogen) atoms. The molecule has 1 unspecified atom stereocenters. The summed E-state index contributed by atoms with van der Waals surface area (Å²) in [5.41, 5.74) is 1.89. The van der Waals surface area contributed by atoms with Gasteiger partial charge in [0.1, 0.15) is 6.04 Å². The SMILES string of the molecule is O=C(/C=C/c1cccnc1)NCCCCC1CCN(C(=O)c2ccc(N3CCN(CCCSc4cccc5c4C(=O)N(C4CCC(=O)NC4=O)C5=O)CC3)nn2)CC1. The van der Waals surface area contributed by atoms with Crippen molar-refractivity contribution in [1.29, 1.82) is 0 Å². The molecule has 16 heteroatoms. The maximum absolute atomic E-state index is 13.4. The van der Waals surface area contributed by atoms with Crippen LogP contribution in [0.5, 0.6) is 0 Å². The summed E-state index contributed by atoms with van der Waals surface area (Å²) in [6, 6.07) is 11.6. The van der Waals surface area contributed by atoms with E-state index in [9.17, 15) is 28.8 Å². The average Bonchev–Trinajstić information content (AvgIpc) is 3.51. The van der Waals surface area contributed by atoms with E-state index in [2.05, 4.69) is 35.6 Å². The van der Waals surface area contributed by atoms with Crippen molar-refractivity contribution < 1.29 is 28.8 Å². The summed E-state index contributed by atoms with van der Waals surface area (Å²) in [5, 5.41) is 13.9. The monoisotopic (exact) mass is 807 g/mol. The van der Waals surface area contributed by atoms with Crippen LogP contribution in [0.3, 0.4) is 0 Å². The Hall–Kier alpha value is -5.48. The first-order valence-electron chi connectivity index (χ1n) is 20.2. The van der Waals surface area contributed by atoms with Crippen molar-refractivity contribution in [3.8, 4) is 0 Å². The molecular formula is C42H49N9O6S. The average molecular weight is 808 g/mol. The second kappa shape index (κ2) is 19.3. The number of carbonyl (C=O) groups excluding carboxylic acids is 6. The van der Waals surface area contributed by atoms with Crippen molar-refractivity contribution in [2.75, 3.05) is 63.0 Å². The molecule has 0 spiro atoms. The third kappa shape index (κ3) is 9.96. The molecule has 1 atom stereocenters. The van der Waals surface area contributed by atoms with Gasteiger partial charge < -0.3 is 15.1 Å². The van der Waals surface area contributed by atoms with Crippen LogP contribution in [0.15, 0.2) is 65.8 Å². The van der Waals surface area contributed by atoms with E-state index in [1.54, 1.807) is 36.7 Å². The van der Waals surface area contributed by atoms with E-state index < -0.39 is 29.7 Å². The Morgan fingerprint density at radius 2 is 1.71 bits per heavy atom. The number of pyridine rings is 1. The summed E-state index contributed by atoms with van der Waals surface area (Å²) >= 11 is 1.53. The van der Waals surface area contributed by atoms with Crippen LogP contribution in [0.1, 0.15) is 88.1 Å². The third-order valence-corrected chi connectivity index (χ3v) is 12.4. The van der Waals surface area contributed by atoms with Gasteiger partial charge >= 0.3 is 0 Å².